The molecule has 0 saturated carbocycles. The van der Waals surface area contributed by atoms with Crippen LogP contribution in [0.1, 0.15) is 10.4 Å². The fraction of sp³-hybridized carbons (Fsp3) is 0.364. The summed E-state index contributed by atoms with van der Waals surface area (Å²) in [4.78, 5) is 12.9. The molecule has 5 nitrogen and oxygen atoms in total. The summed E-state index contributed by atoms with van der Waals surface area (Å²) in [6, 6.07) is 1.81. The number of carbonyl (C=O) groups excluding carboxylic acids is 1. The molecule has 0 saturated heterocycles. The molecule has 1 aromatic carbocycles. The second kappa shape index (κ2) is 6.84. The molecule has 0 radical (unpaired) electrons. The molecule has 0 aromatic heterocycles. The second-order valence-electron chi connectivity index (χ2n) is 3.92. The maximum absolute atomic E-state index is 13.8. The minimum Gasteiger partial charge on any atom is -0.383 e. The van der Waals surface area contributed by atoms with Crippen LogP contribution in [-0.2, 0) is 13.8 Å². The number of halogens is 3. The molecule has 0 aliphatic carbocycles. The van der Waals surface area contributed by atoms with E-state index in [1.165, 1.54) is 19.1 Å². The lowest BCUT2D eigenvalue weighted by molar-refractivity contribution is 0.0739. The van der Waals surface area contributed by atoms with Crippen LogP contribution in [0.15, 0.2) is 21.5 Å². The average molecular weight is 389 g/mol. The number of benzene rings is 1. The predicted octanol–water partition coefficient (Wildman–Crippen LogP) is 2.23. The fourth-order valence-corrected chi connectivity index (χ4v) is 3.58. The van der Waals surface area contributed by atoms with Gasteiger partial charge in [-0.1, -0.05) is 0 Å². The number of amides is 1. The molecule has 0 fully saturated rings. The van der Waals surface area contributed by atoms with Crippen LogP contribution >= 0.6 is 26.6 Å². The van der Waals surface area contributed by atoms with Gasteiger partial charge in [-0.15, -0.1) is 0 Å². The molecule has 0 spiro atoms. The van der Waals surface area contributed by atoms with Crippen LogP contribution in [0.2, 0.25) is 0 Å². The highest BCUT2D eigenvalue weighted by Gasteiger charge is 2.23. The minimum absolute atomic E-state index is 0.0407. The quantitative estimate of drug-likeness (QED) is 0.726. The topological polar surface area (TPSA) is 63.7 Å². The van der Waals surface area contributed by atoms with E-state index >= 15 is 0 Å². The summed E-state index contributed by atoms with van der Waals surface area (Å²) >= 11 is 2.90. The number of rotatable bonds is 5. The lowest BCUT2D eigenvalue weighted by Crippen LogP contribution is -2.30. The zero-order chi connectivity index (χ0) is 15.5. The van der Waals surface area contributed by atoms with Crippen molar-refractivity contribution in [3.8, 4) is 0 Å². The van der Waals surface area contributed by atoms with Gasteiger partial charge < -0.3 is 9.64 Å². The van der Waals surface area contributed by atoms with E-state index in [0.717, 1.165) is 12.1 Å². The van der Waals surface area contributed by atoms with Crippen molar-refractivity contribution in [2.45, 2.75) is 4.90 Å². The zero-order valence-corrected chi connectivity index (χ0v) is 13.8. The third kappa shape index (κ3) is 4.15. The summed E-state index contributed by atoms with van der Waals surface area (Å²) in [5.74, 6) is -1.50. The molecule has 1 rings (SSSR count). The number of methoxy groups -OCH3 is 1. The van der Waals surface area contributed by atoms with E-state index < -0.39 is 20.8 Å². The molecule has 0 bridgehead atoms. The van der Waals surface area contributed by atoms with E-state index in [4.69, 9.17) is 15.4 Å². The Kier molecular flexibility index (Phi) is 5.93. The number of likely N-dealkylation sites (N-methyl/N-ethyl adjacent to an activating group) is 1. The Morgan fingerprint density at radius 1 is 1.50 bits per heavy atom. The van der Waals surface area contributed by atoms with Crippen molar-refractivity contribution in [1.82, 2.24) is 4.90 Å². The smallest absolute Gasteiger partial charge is 0.262 e. The normalized spacial score (nSPS) is 11.4. The van der Waals surface area contributed by atoms with E-state index in [9.17, 15) is 17.6 Å². The SMILES string of the molecule is COCCN(C)C(=O)c1cc(S(=O)(=O)Cl)c(Br)cc1F. The summed E-state index contributed by atoms with van der Waals surface area (Å²) in [7, 11) is 4.07. The number of ether oxygens (including phenoxy) is 1. The highest BCUT2D eigenvalue weighted by atomic mass is 79.9. The van der Waals surface area contributed by atoms with Crippen LogP contribution in [0.25, 0.3) is 0 Å². The molecule has 0 heterocycles. The van der Waals surface area contributed by atoms with E-state index in [1.54, 1.807) is 0 Å². The van der Waals surface area contributed by atoms with Crippen LogP contribution in [0.3, 0.4) is 0 Å². The molecule has 0 aliphatic heterocycles. The van der Waals surface area contributed by atoms with Crippen molar-refractivity contribution in [2.75, 3.05) is 27.3 Å². The van der Waals surface area contributed by atoms with Crippen LogP contribution in [0, 0.1) is 5.82 Å². The Labute approximate surface area is 129 Å². The molecular weight excluding hydrogens is 377 g/mol. The molecule has 1 amide bonds. The van der Waals surface area contributed by atoms with Gasteiger partial charge in [0.25, 0.3) is 15.0 Å². The van der Waals surface area contributed by atoms with Crippen molar-refractivity contribution >= 4 is 41.6 Å². The van der Waals surface area contributed by atoms with Gasteiger partial charge in [-0.25, -0.2) is 12.8 Å². The third-order valence-electron chi connectivity index (χ3n) is 2.49. The van der Waals surface area contributed by atoms with Gasteiger partial charge in [0.05, 0.1) is 17.1 Å². The monoisotopic (exact) mass is 387 g/mol. The van der Waals surface area contributed by atoms with Crippen LogP contribution in [0.5, 0.6) is 0 Å². The Balaban J connectivity index is 3.22. The fourth-order valence-electron chi connectivity index (χ4n) is 1.42. The molecule has 0 unspecified atom stereocenters. The first-order valence-corrected chi connectivity index (χ1v) is 8.46. The van der Waals surface area contributed by atoms with Gasteiger partial charge in [0.1, 0.15) is 5.82 Å². The molecule has 9 heteroatoms. The first kappa shape index (κ1) is 17.4. The highest BCUT2D eigenvalue weighted by Crippen LogP contribution is 2.28. The number of carbonyl (C=O) groups is 1. The van der Waals surface area contributed by atoms with E-state index in [0.29, 0.717) is 0 Å². The minimum atomic E-state index is -4.09. The Hall–Kier alpha value is -0.700. The molecule has 1 aromatic rings. The van der Waals surface area contributed by atoms with Crippen molar-refractivity contribution in [1.29, 1.82) is 0 Å². The van der Waals surface area contributed by atoms with Gasteiger partial charge in [-0.05, 0) is 28.1 Å². The van der Waals surface area contributed by atoms with Gasteiger partial charge in [0.15, 0.2) is 0 Å². The molecule has 0 aliphatic rings. The molecular formula is C11H12BrClFNO4S. The predicted molar refractivity (Wildman–Crippen MR) is 76.0 cm³/mol. The van der Waals surface area contributed by atoms with Crippen molar-refractivity contribution in [2.24, 2.45) is 0 Å². The number of hydrogen-bond acceptors (Lipinski definition) is 4. The highest BCUT2D eigenvalue weighted by molar-refractivity contribution is 9.10. The third-order valence-corrected chi connectivity index (χ3v) is 4.77. The van der Waals surface area contributed by atoms with E-state index in [1.807, 2.05) is 0 Å². The average Bonchev–Trinajstić information content (AvgIpc) is 2.33. The largest absolute Gasteiger partial charge is 0.383 e. The van der Waals surface area contributed by atoms with Gasteiger partial charge in [0.2, 0.25) is 0 Å². The number of nitrogens with zero attached hydrogens (tertiary/aromatic N) is 1. The Bertz CT molecular complexity index is 623. The Morgan fingerprint density at radius 2 is 2.10 bits per heavy atom. The van der Waals surface area contributed by atoms with Crippen LogP contribution < -0.4 is 0 Å². The Morgan fingerprint density at radius 3 is 2.60 bits per heavy atom. The molecule has 20 heavy (non-hydrogen) atoms. The van der Waals surface area contributed by atoms with Gasteiger partial charge in [0, 0.05) is 35.9 Å². The standard InChI is InChI=1S/C11H12BrClFNO4S/c1-15(3-4-19-2)11(16)7-5-10(20(13,17)18)8(12)6-9(7)14/h5-6H,3-4H2,1-2H3. The van der Waals surface area contributed by atoms with Crippen molar-refractivity contribution in [3.05, 3.63) is 28.0 Å². The van der Waals surface area contributed by atoms with E-state index in [2.05, 4.69) is 15.9 Å². The zero-order valence-electron chi connectivity index (χ0n) is 10.7. The maximum atomic E-state index is 13.8. The van der Waals surface area contributed by atoms with E-state index in [-0.39, 0.29) is 28.1 Å². The molecule has 0 atom stereocenters. The first-order valence-electron chi connectivity index (χ1n) is 5.36. The summed E-state index contributed by atoms with van der Waals surface area (Å²) in [5.41, 5.74) is -0.369. The summed E-state index contributed by atoms with van der Waals surface area (Å²) in [6.45, 7) is 0.523. The summed E-state index contributed by atoms with van der Waals surface area (Å²) < 4.78 is 41.3. The first-order chi connectivity index (χ1) is 9.18. The molecule has 0 N–H and O–H groups in total. The second-order valence-corrected chi connectivity index (χ2v) is 7.31. The van der Waals surface area contributed by atoms with Crippen LogP contribution in [0.4, 0.5) is 4.39 Å². The lowest BCUT2D eigenvalue weighted by atomic mass is 10.2. The molecule has 112 valence electrons. The van der Waals surface area contributed by atoms with Gasteiger partial charge in [-0.3, -0.25) is 4.79 Å². The van der Waals surface area contributed by atoms with Crippen molar-refractivity contribution < 1.29 is 22.3 Å². The summed E-state index contributed by atoms with van der Waals surface area (Å²) in [6.07, 6.45) is 0. The number of hydrogen-bond donors (Lipinski definition) is 0. The lowest BCUT2D eigenvalue weighted by Gasteiger charge is -2.17. The summed E-state index contributed by atoms with van der Waals surface area (Å²) in [5, 5.41) is 0. The maximum Gasteiger partial charge on any atom is 0.262 e. The van der Waals surface area contributed by atoms with Crippen LogP contribution in [-0.4, -0.2) is 46.5 Å². The van der Waals surface area contributed by atoms with Gasteiger partial charge >= 0.3 is 0 Å². The van der Waals surface area contributed by atoms with Crippen molar-refractivity contribution in [3.63, 3.8) is 0 Å². The van der Waals surface area contributed by atoms with Gasteiger partial charge in [-0.2, -0.15) is 0 Å².